The van der Waals surface area contributed by atoms with Crippen LogP contribution in [0.25, 0.3) is 0 Å². The lowest BCUT2D eigenvalue weighted by molar-refractivity contribution is 0.148. The molecule has 2 aliphatic carbocycles. The molecular weight excluding hydrogens is 228 g/mol. The molecule has 0 heterocycles. The van der Waals surface area contributed by atoms with Crippen LogP contribution in [0.4, 0.5) is 0 Å². The van der Waals surface area contributed by atoms with E-state index >= 15 is 0 Å². The molecule has 0 atom stereocenters. The Labute approximate surface area is 113 Å². The Morgan fingerprint density at radius 1 is 0.765 bits per heavy atom. The normalized spacial score (nSPS) is 39.2. The summed E-state index contributed by atoms with van der Waals surface area (Å²) >= 11 is 5.97. The summed E-state index contributed by atoms with van der Waals surface area (Å²) < 4.78 is 0. The maximum absolute atomic E-state index is 5.97. The highest BCUT2D eigenvalue weighted by atomic mass is 35.5. The minimum Gasteiger partial charge on any atom is -0.126 e. The third-order valence-electron chi connectivity index (χ3n) is 5.36. The van der Waals surface area contributed by atoms with Crippen molar-refractivity contribution in [1.29, 1.82) is 0 Å². The van der Waals surface area contributed by atoms with Crippen LogP contribution in [0, 0.1) is 23.7 Å². The molecule has 0 aliphatic heterocycles. The predicted octanol–water partition coefficient (Wildman–Crippen LogP) is 5.64. The summed E-state index contributed by atoms with van der Waals surface area (Å²) in [6.07, 6.45) is 14.7. The van der Waals surface area contributed by atoms with Crippen molar-refractivity contribution in [2.45, 2.75) is 71.1 Å². The average molecular weight is 257 g/mol. The summed E-state index contributed by atoms with van der Waals surface area (Å²) in [5.74, 6) is 4.92. The van der Waals surface area contributed by atoms with Gasteiger partial charge in [0.05, 0.1) is 0 Å². The van der Waals surface area contributed by atoms with Crippen LogP contribution < -0.4 is 0 Å². The lowest BCUT2D eigenvalue weighted by Crippen LogP contribution is -2.26. The second kappa shape index (κ2) is 7.02. The Kier molecular flexibility index (Phi) is 5.66. The molecule has 17 heavy (non-hydrogen) atoms. The molecule has 2 fully saturated rings. The van der Waals surface area contributed by atoms with Crippen molar-refractivity contribution in [1.82, 2.24) is 0 Å². The van der Waals surface area contributed by atoms with E-state index in [-0.39, 0.29) is 0 Å². The maximum Gasteiger partial charge on any atom is 0.0251 e. The van der Waals surface area contributed by atoms with Gasteiger partial charge in [0.1, 0.15) is 0 Å². The molecule has 0 spiro atoms. The molecule has 0 N–H and O–H groups in total. The van der Waals surface area contributed by atoms with E-state index in [0.717, 1.165) is 29.6 Å². The van der Waals surface area contributed by atoms with Crippen LogP contribution in [0.2, 0.25) is 0 Å². The van der Waals surface area contributed by atoms with Crippen molar-refractivity contribution in [2.75, 3.05) is 5.88 Å². The van der Waals surface area contributed by atoms with Crippen LogP contribution >= 0.6 is 11.6 Å². The van der Waals surface area contributed by atoms with Gasteiger partial charge in [-0.2, -0.15) is 0 Å². The first-order valence-corrected chi connectivity index (χ1v) is 8.42. The molecule has 2 saturated carbocycles. The van der Waals surface area contributed by atoms with Gasteiger partial charge in [-0.25, -0.2) is 0 Å². The summed E-state index contributed by atoms with van der Waals surface area (Å²) in [5.41, 5.74) is 0. The molecule has 1 heteroatoms. The molecule has 0 radical (unpaired) electrons. The summed E-state index contributed by atoms with van der Waals surface area (Å²) in [7, 11) is 0. The van der Waals surface area contributed by atoms with Crippen molar-refractivity contribution >= 4 is 11.6 Å². The van der Waals surface area contributed by atoms with E-state index in [2.05, 4.69) is 6.92 Å². The summed E-state index contributed by atoms with van der Waals surface area (Å²) in [4.78, 5) is 0. The van der Waals surface area contributed by atoms with E-state index < -0.39 is 0 Å². The molecule has 0 nitrogen and oxygen atoms in total. The van der Waals surface area contributed by atoms with E-state index in [1.807, 2.05) is 0 Å². The van der Waals surface area contributed by atoms with Crippen molar-refractivity contribution in [3.8, 4) is 0 Å². The number of rotatable bonds is 4. The van der Waals surface area contributed by atoms with Crippen LogP contribution in [0.1, 0.15) is 71.1 Å². The topological polar surface area (TPSA) is 0 Å². The fourth-order valence-corrected chi connectivity index (χ4v) is 4.48. The lowest BCUT2D eigenvalue weighted by atomic mass is 9.69. The fourth-order valence-electron chi connectivity index (χ4n) is 4.17. The Hall–Kier alpha value is 0.290. The standard InChI is InChI=1S/C16H29Cl/c1-2-3-13-4-8-15(9-5-13)16-10-6-14(12-17)7-11-16/h13-16H,2-12H2,1H3/t13-,14?,15-,16?. The van der Waals surface area contributed by atoms with Gasteiger partial charge < -0.3 is 0 Å². The predicted molar refractivity (Wildman–Crippen MR) is 76.5 cm³/mol. The average Bonchev–Trinajstić information content (AvgIpc) is 2.40. The molecule has 100 valence electrons. The number of hydrogen-bond donors (Lipinski definition) is 0. The van der Waals surface area contributed by atoms with Gasteiger partial charge in [-0.1, -0.05) is 32.6 Å². The largest absolute Gasteiger partial charge is 0.126 e. The van der Waals surface area contributed by atoms with E-state index in [9.17, 15) is 0 Å². The molecule has 0 aromatic carbocycles. The summed E-state index contributed by atoms with van der Waals surface area (Å²) in [5, 5.41) is 0. The lowest BCUT2D eigenvalue weighted by Gasteiger charge is -2.37. The first-order chi connectivity index (χ1) is 8.33. The van der Waals surface area contributed by atoms with Crippen LogP contribution in [0.15, 0.2) is 0 Å². The van der Waals surface area contributed by atoms with Crippen molar-refractivity contribution in [3.63, 3.8) is 0 Å². The highest BCUT2D eigenvalue weighted by Gasteiger charge is 2.30. The molecule has 0 bridgehead atoms. The highest BCUT2D eigenvalue weighted by molar-refractivity contribution is 6.18. The fraction of sp³-hybridized carbons (Fsp3) is 1.00. The first-order valence-electron chi connectivity index (χ1n) is 7.89. The van der Waals surface area contributed by atoms with Gasteiger partial charge in [-0.15, -0.1) is 11.6 Å². The van der Waals surface area contributed by atoms with Gasteiger partial charge >= 0.3 is 0 Å². The third kappa shape index (κ3) is 3.88. The van der Waals surface area contributed by atoms with Crippen molar-refractivity contribution in [3.05, 3.63) is 0 Å². The summed E-state index contributed by atoms with van der Waals surface area (Å²) in [6, 6.07) is 0. The Bertz CT molecular complexity index is 198. The second-order valence-electron chi connectivity index (χ2n) is 6.50. The number of hydrogen-bond acceptors (Lipinski definition) is 0. The molecule has 0 saturated heterocycles. The smallest absolute Gasteiger partial charge is 0.0251 e. The van der Waals surface area contributed by atoms with Crippen LogP contribution in [0.5, 0.6) is 0 Å². The number of halogens is 1. The van der Waals surface area contributed by atoms with Gasteiger partial charge in [0, 0.05) is 5.88 Å². The van der Waals surface area contributed by atoms with Crippen LogP contribution in [0.3, 0.4) is 0 Å². The monoisotopic (exact) mass is 256 g/mol. The van der Waals surface area contributed by atoms with E-state index in [1.54, 1.807) is 0 Å². The Morgan fingerprint density at radius 3 is 1.65 bits per heavy atom. The Balaban J connectivity index is 1.70. The van der Waals surface area contributed by atoms with E-state index in [0.29, 0.717) is 0 Å². The molecule has 0 aromatic heterocycles. The van der Waals surface area contributed by atoms with Gasteiger partial charge in [0.25, 0.3) is 0 Å². The molecule has 2 aliphatic rings. The quantitative estimate of drug-likeness (QED) is 0.571. The van der Waals surface area contributed by atoms with Gasteiger partial charge in [0.2, 0.25) is 0 Å². The van der Waals surface area contributed by atoms with Gasteiger partial charge in [-0.05, 0) is 62.2 Å². The zero-order chi connectivity index (χ0) is 12.1. The third-order valence-corrected chi connectivity index (χ3v) is 5.80. The van der Waals surface area contributed by atoms with E-state index in [1.165, 1.54) is 64.2 Å². The zero-order valence-electron chi connectivity index (χ0n) is 11.5. The molecule has 2 rings (SSSR count). The molecule has 0 amide bonds. The van der Waals surface area contributed by atoms with Crippen LogP contribution in [-0.2, 0) is 0 Å². The van der Waals surface area contributed by atoms with E-state index in [4.69, 9.17) is 11.6 Å². The Morgan fingerprint density at radius 2 is 1.24 bits per heavy atom. The summed E-state index contributed by atoms with van der Waals surface area (Å²) in [6.45, 7) is 2.33. The molecular formula is C16H29Cl. The van der Waals surface area contributed by atoms with Crippen LogP contribution in [-0.4, -0.2) is 5.88 Å². The first kappa shape index (κ1) is 13.7. The van der Waals surface area contributed by atoms with Crippen molar-refractivity contribution in [2.24, 2.45) is 23.7 Å². The molecule has 0 aromatic rings. The van der Waals surface area contributed by atoms with Gasteiger partial charge in [0.15, 0.2) is 0 Å². The second-order valence-corrected chi connectivity index (χ2v) is 6.81. The zero-order valence-corrected chi connectivity index (χ0v) is 12.2. The number of alkyl halides is 1. The van der Waals surface area contributed by atoms with Crippen molar-refractivity contribution < 1.29 is 0 Å². The SMILES string of the molecule is CCC[C@H]1CC[C@H](C2CCC(CCl)CC2)CC1. The minimum atomic E-state index is 0.837. The minimum absolute atomic E-state index is 0.837. The maximum atomic E-state index is 5.97. The molecule has 0 unspecified atom stereocenters. The van der Waals surface area contributed by atoms with Gasteiger partial charge in [-0.3, -0.25) is 0 Å². The highest BCUT2D eigenvalue weighted by Crippen LogP contribution is 2.42.